The second-order valence-electron chi connectivity index (χ2n) is 7.43. The number of aliphatic hydroxyl groups excluding tert-OH is 1. The van der Waals surface area contributed by atoms with Gasteiger partial charge in [-0.2, -0.15) is 0 Å². The Morgan fingerprint density at radius 1 is 1.16 bits per heavy atom. The highest BCUT2D eigenvalue weighted by atomic mass is 79.9. The van der Waals surface area contributed by atoms with Crippen molar-refractivity contribution in [2.24, 2.45) is 0 Å². The number of carbonyl (C=O) groups is 2. The first-order valence-corrected chi connectivity index (χ1v) is 10.9. The number of halogens is 1. The zero-order valence-electron chi connectivity index (χ0n) is 17.4. The number of amides is 1. The summed E-state index contributed by atoms with van der Waals surface area (Å²) in [6.45, 7) is 1.00. The molecule has 164 valence electrons. The van der Waals surface area contributed by atoms with Gasteiger partial charge in [0.2, 0.25) is 0 Å². The molecule has 2 aromatic carbocycles. The Labute approximate surface area is 194 Å². The number of imidazole rings is 1. The van der Waals surface area contributed by atoms with Gasteiger partial charge in [-0.25, -0.2) is 4.98 Å². The van der Waals surface area contributed by atoms with Crippen molar-refractivity contribution in [3.8, 4) is 5.75 Å². The third-order valence-corrected chi connectivity index (χ3v) is 5.97. The Bertz CT molecular complexity index is 1160. The number of methoxy groups -OCH3 is 1. The summed E-state index contributed by atoms with van der Waals surface area (Å²) < 4.78 is 8.11. The number of benzene rings is 2. The molecule has 8 heteroatoms. The van der Waals surface area contributed by atoms with Gasteiger partial charge in [-0.15, -0.1) is 0 Å². The van der Waals surface area contributed by atoms with Crippen LogP contribution in [0.1, 0.15) is 23.6 Å². The number of aryl methyl sites for hydroxylation is 1. The number of Topliss-reactive ketones (excluding diaryl/α,β-unsaturated/α-hetero) is 1. The standard InChI is InChI=1S/C24H22BrN3O4/c1-32-19-5-2-4-17(14-19)21-20(22(29)16-6-8-18(25)9-7-16)23(30)24(31)28(21)12-3-11-27-13-10-26-15-27/h2,4-10,13-15,21,29H,3,11-12H2,1H3/b22-20-. The summed E-state index contributed by atoms with van der Waals surface area (Å²) in [5.41, 5.74) is 1.25. The first-order chi connectivity index (χ1) is 15.5. The molecule has 3 aromatic rings. The van der Waals surface area contributed by atoms with Gasteiger partial charge in [-0.1, -0.05) is 40.2 Å². The monoisotopic (exact) mass is 495 g/mol. The van der Waals surface area contributed by atoms with Crippen molar-refractivity contribution in [3.63, 3.8) is 0 Å². The molecule has 1 saturated heterocycles. The Kier molecular flexibility index (Phi) is 6.41. The number of carbonyl (C=O) groups excluding carboxylic acids is 2. The summed E-state index contributed by atoms with van der Waals surface area (Å²) in [6, 6.07) is 13.5. The Balaban J connectivity index is 1.74. The van der Waals surface area contributed by atoms with Gasteiger partial charge in [-0.05, 0) is 36.2 Å². The highest BCUT2D eigenvalue weighted by molar-refractivity contribution is 9.10. The lowest BCUT2D eigenvalue weighted by atomic mass is 9.95. The van der Waals surface area contributed by atoms with Crippen LogP contribution in [0.15, 0.2) is 77.3 Å². The molecule has 0 saturated carbocycles. The lowest BCUT2D eigenvalue weighted by Gasteiger charge is -2.25. The molecule has 0 aliphatic carbocycles. The zero-order chi connectivity index (χ0) is 22.7. The fourth-order valence-electron chi connectivity index (χ4n) is 3.87. The van der Waals surface area contributed by atoms with Crippen LogP contribution in [-0.2, 0) is 16.1 Å². The largest absolute Gasteiger partial charge is 0.507 e. The molecule has 1 aliphatic rings. The maximum absolute atomic E-state index is 13.1. The van der Waals surface area contributed by atoms with E-state index < -0.39 is 17.7 Å². The van der Waals surface area contributed by atoms with Crippen molar-refractivity contribution in [1.82, 2.24) is 14.5 Å². The molecule has 1 aliphatic heterocycles. The summed E-state index contributed by atoms with van der Waals surface area (Å²) >= 11 is 3.37. The van der Waals surface area contributed by atoms with Gasteiger partial charge in [0.25, 0.3) is 11.7 Å². The number of ether oxygens (including phenoxy) is 1. The summed E-state index contributed by atoms with van der Waals surface area (Å²) in [6.07, 6.45) is 5.88. The molecule has 7 nitrogen and oxygen atoms in total. The van der Waals surface area contributed by atoms with Crippen LogP contribution < -0.4 is 4.74 Å². The van der Waals surface area contributed by atoms with E-state index in [-0.39, 0.29) is 11.3 Å². The van der Waals surface area contributed by atoms with Crippen molar-refractivity contribution in [1.29, 1.82) is 0 Å². The molecule has 1 unspecified atom stereocenters. The Morgan fingerprint density at radius 3 is 2.62 bits per heavy atom. The number of ketones is 1. The molecule has 0 radical (unpaired) electrons. The summed E-state index contributed by atoms with van der Waals surface area (Å²) in [7, 11) is 1.56. The lowest BCUT2D eigenvalue weighted by molar-refractivity contribution is -0.139. The average Bonchev–Trinajstić information content (AvgIpc) is 3.41. The van der Waals surface area contributed by atoms with E-state index in [0.29, 0.717) is 36.4 Å². The molecule has 1 atom stereocenters. The van der Waals surface area contributed by atoms with Gasteiger partial charge < -0.3 is 19.3 Å². The first-order valence-electron chi connectivity index (χ1n) is 10.1. The molecular weight excluding hydrogens is 474 g/mol. The van der Waals surface area contributed by atoms with Crippen molar-refractivity contribution >= 4 is 33.4 Å². The molecule has 1 fully saturated rings. The number of aromatic nitrogens is 2. The maximum atomic E-state index is 13.1. The summed E-state index contributed by atoms with van der Waals surface area (Å²) in [4.78, 5) is 31.6. The predicted octanol–water partition coefficient (Wildman–Crippen LogP) is 4.17. The van der Waals surface area contributed by atoms with Gasteiger partial charge in [-0.3, -0.25) is 9.59 Å². The normalized spacial score (nSPS) is 17.7. The Hall–Kier alpha value is -3.39. The van der Waals surface area contributed by atoms with Crippen molar-refractivity contribution in [2.45, 2.75) is 19.0 Å². The lowest BCUT2D eigenvalue weighted by Crippen LogP contribution is -2.31. The average molecular weight is 496 g/mol. The van der Waals surface area contributed by atoms with Crippen molar-refractivity contribution < 1.29 is 19.4 Å². The predicted molar refractivity (Wildman–Crippen MR) is 123 cm³/mol. The molecule has 4 rings (SSSR count). The van der Waals surface area contributed by atoms with Gasteiger partial charge in [0.15, 0.2) is 0 Å². The van der Waals surface area contributed by atoms with Crippen LogP contribution in [0.2, 0.25) is 0 Å². The minimum atomic E-state index is -0.712. The van der Waals surface area contributed by atoms with E-state index in [1.807, 2.05) is 16.8 Å². The van der Waals surface area contributed by atoms with E-state index in [1.165, 1.54) is 4.90 Å². The number of likely N-dealkylation sites (tertiary alicyclic amines) is 1. The molecule has 32 heavy (non-hydrogen) atoms. The molecule has 0 bridgehead atoms. The van der Waals surface area contributed by atoms with Gasteiger partial charge in [0, 0.05) is 35.5 Å². The van der Waals surface area contributed by atoms with Gasteiger partial charge in [0.1, 0.15) is 11.5 Å². The van der Waals surface area contributed by atoms with Crippen molar-refractivity contribution in [2.75, 3.05) is 13.7 Å². The number of hydrogen-bond donors (Lipinski definition) is 1. The third kappa shape index (κ3) is 4.31. The molecule has 2 heterocycles. The number of aliphatic hydroxyl groups is 1. The summed E-state index contributed by atoms with van der Waals surface area (Å²) in [5.74, 6) is -0.904. The van der Waals surface area contributed by atoms with E-state index in [1.54, 1.807) is 62.1 Å². The summed E-state index contributed by atoms with van der Waals surface area (Å²) in [5, 5.41) is 11.1. The fraction of sp³-hybridized carbons (Fsp3) is 0.208. The topological polar surface area (TPSA) is 84.7 Å². The second-order valence-corrected chi connectivity index (χ2v) is 8.35. The van der Waals surface area contributed by atoms with Crippen LogP contribution in [0.4, 0.5) is 0 Å². The minimum Gasteiger partial charge on any atom is -0.507 e. The first kappa shape index (κ1) is 21.8. The van der Waals surface area contributed by atoms with Crippen LogP contribution in [-0.4, -0.2) is 44.9 Å². The smallest absolute Gasteiger partial charge is 0.295 e. The van der Waals surface area contributed by atoms with Crippen LogP contribution in [0.3, 0.4) is 0 Å². The number of rotatable bonds is 7. The molecule has 0 spiro atoms. The third-order valence-electron chi connectivity index (χ3n) is 5.44. The van der Waals surface area contributed by atoms with E-state index >= 15 is 0 Å². The van der Waals surface area contributed by atoms with Crippen LogP contribution >= 0.6 is 15.9 Å². The van der Waals surface area contributed by atoms with Crippen LogP contribution in [0.25, 0.3) is 5.76 Å². The van der Waals surface area contributed by atoms with E-state index in [4.69, 9.17) is 4.74 Å². The fourth-order valence-corrected chi connectivity index (χ4v) is 4.14. The quantitative estimate of drug-likeness (QED) is 0.302. The van der Waals surface area contributed by atoms with Gasteiger partial charge >= 0.3 is 0 Å². The minimum absolute atomic E-state index is 0.0770. The van der Waals surface area contributed by atoms with E-state index in [9.17, 15) is 14.7 Å². The molecular formula is C24H22BrN3O4. The highest BCUT2D eigenvalue weighted by Crippen LogP contribution is 2.40. The van der Waals surface area contributed by atoms with Gasteiger partial charge in [0.05, 0.1) is 25.1 Å². The highest BCUT2D eigenvalue weighted by Gasteiger charge is 2.45. The molecule has 1 aromatic heterocycles. The van der Waals surface area contributed by atoms with Crippen LogP contribution in [0, 0.1) is 0 Å². The molecule has 1 N–H and O–H groups in total. The van der Waals surface area contributed by atoms with E-state index in [0.717, 1.165) is 4.47 Å². The number of nitrogens with zero attached hydrogens (tertiary/aromatic N) is 3. The SMILES string of the molecule is COc1cccc(C2/C(=C(/O)c3ccc(Br)cc3)C(=O)C(=O)N2CCCn2ccnc2)c1. The Morgan fingerprint density at radius 2 is 1.94 bits per heavy atom. The zero-order valence-corrected chi connectivity index (χ0v) is 19.0. The van der Waals surface area contributed by atoms with Crippen LogP contribution in [0.5, 0.6) is 5.75 Å². The van der Waals surface area contributed by atoms with Crippen molar-refractivity contribution in [3.05, 3.63) is 88.4 Å². The molecule has 1 amide bonds. The van der Waals surface area contributed by atoms with E-state index in [2.05, 4.69) is 20.9 Å². The number of hydrogen-bond acceptors (Lipinski definition) is 5. The second kappa shape index (κ2) is 9.40. The maximum Gasteiger partial charge on any atom is 0.295 e.